The molecule has 4 aliphatic carbocycles. The zero-order valence-corrected chi connectivity index (χ0v) is 13.5. The molecule has 0 aromatic carbocycles. The lowest BCUT2D eigenvalue weighted by Gasteiger charge is -2.60. The fourth-order valence-electron chi connectivity index (χ4n) is 6.76. The number of allylic oxidation sites excluding steroid dienone is 1. The van der Waals surface area contributed by atoms with Crippen LogP contribution in [0.3, 0.4) is 0 Å². The molecule has 21 heavy (non-hydrogen) atoms. The van der Waals surface area contributed by atoms with Gasteiger partial charge in [0.2, 0.25) is 0 Å². The molecule has 4 rings (SSSR count). The van der Waals surface area contributed by atoms with Crippen molar-refractivity contribution in [3.8, 4) is 0 Å². The van der Waals surface area contributed by atoms with Crippen molar-refractivity contribution in [2.75, 3.05) is 0 Å². The van der Waals surface area contributed by atoms with Crippen LogP contribution in [0.4, 0.5) is 0 Å². The molecule has 2 heteroatoms. The molecule has 0 radical (unpaired) electrons. The van der Waals surface area contributed by atoms with Crippen molar-refractivity contribution in [3.05, 3.63) is 11.6 Å². The minimum absolute atomic E-state index is 0.144. The van der Waals surface area contributed by atoms with Crippen molar-refractivity contribution < 1.29 is 10.2 Å². The van der Waals surface area contributed by atoms with E-state index in [9.17, 15) is 10.2 Å². The van der Waals surface area contributed by atoms with Gasteiger partial charge >= 0.3 is 0 Å². The van der Waals surface area contributed by atoms with E-state index in [1.54, 1.807) is 0 Å². The van der Waals surface area contributed by atoms with Gasteiger partial charge < -0.3 is 10.2 Å². The van der Waals surface area contributed by atoms with Crippen molar-refractivity contribution in [2.45, 2.75) is 77.4 Å². The van der Waals surface area contributed by atoms with Gasteiger partial charge in [-0.2, -0.15) is 0 Å². The maximum atomic E-state index is 10.9. The fraction of sp³-hybridized carbons (Fsp3) is 0.895. The molecule has 0 amide bonds. The van der Waals surface area contributed by atoms with E-state index in [1.165, 1.54) is 50.5 Å². The predicted molar refractivity (Wildman–Crippen MR) is 83.7 cm³/mol. The third-order valence-corrected chi connectivity index (χ3v) is 7.89. The molecule has 0 aromatic heterocycles. The fourth-order valence-corrected chi connectivity index (χ4v) is 6.76. The second kappa shape index (κ2) is 4.58. The van der Waals surface area contributed by atoms with Crippen LogP contribution >= 0.6 is 0 Å². The average molecular weight is 290 g/mol. The summed E-state index contributed by atoms with van der Waals surface area (Å²) >= 11 is 0. The van der Waals surface area contributed by atoms with E-state index in [-0.39, 0.29) is 5.41 Å². The molecule has 2 nitrogen and oxygen atoms in total. The molecule has 0 heterocycles. The minimum atomic E-state index is -0.612. The Bertz CT molecular complexity index is 470. The van der Waals surface area contributed by atoms with Gasteiger partial charge in [0.1, 0.15) is 6.10 Å². The molecule has 2 N–H and O–H groups in total. The Morgan fingerprint density at radius 2 is 1.81 bits per heavy atom. The summed E-state index contributed by atoms with van der Waals surface area (Å²) in [5.74, 6) is 1.53. The van der Waals surface area contributed by atoms with Crippen LogP contribution in [0.15, 0.2) is 11.6 Å². The van der Waals surface area contributed by atoms with E-state index in [0.717, 1.165) is 6.42 Å². The van der Waals surface area contributed by atoms with Crippen molar-refractivity contribution in [1.82, 2.24) is 0 Å². The minimum Gasteiger partial charge on any atom is -0.390 e. The topological polar surface area (TPSA) is 40.5 Å². The first kappa shape index (κ1) is 14.3. The van der Waals surface area contributed by atoms with Crippen molar-refractivity contribution in [3.63, 3.8) is 0 Å². The Hall–Kier alpha value is -0.340. The molecular formula is C19H30O2. The van der Waals surface area contributed by atoms with Crippen LogP contribution in [0.25, 0.3) is 0 Å². The second-order valence-corrected chi connectivity index (χ2v) is 8.78. The summed E-state index contributed by atoms with van der Waals surface area (Å²) < 4.78 is 0. The zero-order chi connectivity index (χ0) is 14.8. The summed E-state index contributed by atoms with van der Waals surface area (Å²) in [7, 11) is 0. The standard InChI is InChI=1S/C19H30O2/c1-18-9-5-7-12(18)15-13(8-11-18)19(2)10-4-3-6-14(19)16(20)17(15)21/h6,12-13,15-17,20-21H,3-5,7-11H2,1-2H3/t12-,13+,15-,16?,17?,18-,19+/m0/s1. The number of rotatable bonds is 0. The van der Waals surface area contributed by atoms with Gasteiger partial charge in [0.15, 0.2) is 0 Å². The van der Waals surface area contributed by atoms with Crippen LogP contribution in [-0.4, -0.2) is 22.4 Å². The van der Waals surface area contributed by atoms with Crippen LogP contribution in [-0.2, 0) is 0 Å². The highest BCUT2D eigenvalue weighted by Crippen LogP contribution is 2.65. The largest absolute Gasteiger partial charge is 0.390 e. The normalized spacial score (nSPS) is 56.2. The molecule has 0 aromatic rings. The van der Waals surface area contributed by atoms with Gasteiger partial charge in [-0.25, -0.2) is 0 Å². The van der Waals surface area contributed by atoms with Crippen molar-refractivity contribution in [2.24, 2.45) is 28.6 Å². The molecule has 7 atom stereocenters. The zero-order valence-electron chi connectivity index (χ0n) is 13.5. The number of hydrogen-bond donors (Lipinski definition) is 2. The lowest BCUT2D eigenvalue weighted by molar-refractivity contribution is -0.142. The van der Waals surface area contributed by atoms with E-state index in [2.05, 4.69) is 19.9 Å². The van der Waals surface area contributed by atoms with Crippen molar-refractivity contribution >= 4 is 0 Å². The highest BCUT2D eigenvalue weighted by atomic mass is 16.3. The van der Waals surface area contributed by atoms with Gasteiger partial charge in [0, 0.05) is 0 Å². The summed E-state index contributed by atoms with van der Waals surface area (Å²) in [4.78, 5) is 0. The highest BCUT2D eigenvalue weighted by molar-refractivity contribution is 5.29. The first-order valence-electron chi connectivity index (χ1n) is 9.04. The van der Waals surface area contributed by atoms with Crippen LogP contribution in [0.5, 0.6) is 0 Å². The smallest absolute Gasteiger partial charge is 0.102 e. The van der Waals surface area contributed by atoms with Crippen molar-refractivity contribution in [1.29, 1.82) is 0 Å². The summed E-state index contributed by atoms with van der Waals surface area (Å²) in [5, 5.41) is 21.7. The Kier molecular flexibility index (Phi) is 3.11. The Labute approximate surface area is 128 Å². The summed E-state index contributed by atoms with van der Waals surface area (Å²) in [6, 6.07) is 0. The van der Waals surface area contributed by atoms with Gasteiger partial charge in [0.25, 0.3) is 0 Å². The molecule has 0 saturated heterocycles. The lowest BCUT2D eigenvalue weighted by Crippen LogP contribution is -2.59. The van der Waals surface area contributed by atoms with E-state index >= 15 is 0 Å². The van der Waals surface area contributed by atoms with Gasteiger partial charge in [-0.05, 0) is 79.1 Å². The number of aliphatic hydroxyl groups is 2. The van der Waals surface area contributed by atoms with Crippen LogP contribution in [0.1, 0.15) is 65.2 Å². The SMILES string of the molecule is C[C@@]12CCC[C@H]1[C@@H]1C(O)C(O)C3=CCCC[C@]3(C)[C@@H]1CC2. The number of aliphatic hydroxyl groups excluding tert-OH is 2. The second-order valence-electron chi connectivity index (χ2n) is 8.78. The Morgan fingerprint density at radius 1 is 1.00 bits per heavy atom. The van der Waals surface area contributed by atoms with Gasteiger partial charge in [-0.1, -0.05) is 26.3 Å². The Balaban J connectivity index is 1.77. The van der Waals surface area contributed by atoms with E-state index in [4.69, 9.17) is 0 Å². The van der Waals surface area contributed by atoms with E-state index < -0.39 is 12.2 Å². The third kappa shape index (κ3) is 1.78. The summed E-state index contributed by atoms with van der Waals surface area (Å²) in [6.45, 7) is 4.82. The monoisotopic (exact) mass is 290 g/mol. The molecule has 4 aliphatic rings. The number of hydrogen-bond acceptors (Lipinski definition) is 2. The molecule has 0 bridgehead atoms. The molecule has 118 valence electrons. The van der Waals surface area contributed by atoms with Gasteiger partial charge in [-0.15, -0.1) is 0 Å². The van der Waals surface area contributed by atoms with E-state index in [0.29, 0.717) is 23.2 Å². The van der Waals surface area contributed by atoms with Crippen LogP contribution in [0, 0.1) is 28.6 Å². The molecule has 0 spiro atoms. The Morgan fingerprint density at radius 3 is 2.62 bits per heavy atom. The average Bonchev–Trinajstić information content (AvgIpc) is 2.86. The maximum absolute atomic E-state index is 10.9. The molecule has 3 fully saturated rings. The molecule has 2 unspecified atom stereocenters. The quantitative estimate of drug-likeness (QED) is 0.668. The lowest BCUT2D eigenvalue weighted by atomic mass is 9.46. The highest BCUT2D eigenvalue weighted by Gasteiger charge is 2.60. The molecule has 0 aliphatic heterocycles. The summed E-state index contributed by atoms with van der Waals surface area (Å²) in [6.07, 6.45) is 11.1. The van der Waals surface area contributed by atoms with Crippen LogP contribution < -0.4 is 0 Å². The first-order chi connectivity index (χ1) is 9.97. The third-order valence-electron chi connectivity index (χ3n) is 7.89. The maximum Gasteiger partial charge on any atom is 0.102 e. The molecule has 3 saturated carbocycles. The van der Waals surface area contributed by atoms with Gasteiger partial charge in [-0.3, -0.25) is 0 Å². The first-order valence-corrected chi connectivity index (χ1v) is 9.04. The van der Waals surface area contributed by atoms with E-state index in [1.807, 2.05) is 0 Å². The van der Waals surface area contributed by atoms with Crippen LogP contribution in [0.2, 0.25) is 0 Å². The van der Waals surface area contributed by atoms with Gasteiger partial charge in [0.05, 0.1) is 6.10 Å². The summed E-state index contributed by atoms with van der Waals surface area (Å²) in [5.41, 5.74) is 1.74. The number of fused-ring (bicyclic) bond motifs is 5. The molecular weight excluding hydrogens is 260 g/mol. The predicted octanol–water partition coefficient (Wildman–Crippen LogP) is 3.67.